The molecule has 16 heavy (non-hydrogen) atoms. The van der Waals surface area contributed by atoms with Gasteiger partial charge in [0, 0.05) is 25.5 Å². The van der Waals surface area contributed by atoms with Crippen molar-refractivity contribution in [1.29, 1.82) is 0 Å². The summed E-state index contributed by atoms with van der Waals surface area (Å²) in [6.07, 6.45) is 8.23. The van der Waals surface area contributed by atoms with Gasteiger partial charge in [-0.3, -0.25) is 4.98 Å². The van der Waals surface area contributed by atoms with E-state index in [1.807, 2.05) is 12.4 Å². The van der Waals surface area contributed by atoms with Crippen LogP contribution >= 0.6 is 0 Å². The molecule has 1 aromatic heterocycles. The van der Waals surface area contributed by atoms with Gasteiger partial charge in [-0.15, -0.1) is 0 Å². The van der Waals surface area contributed by atoms with Gasteiger partial charge >= 0.3 is 0 Å². The van der Waals surface area contributed by atoms with E-state index in [0.29, 0.717) is 12.0 Å². The van der Waals surface area contributed by atoms with Crippen LogP contribution in [0.5, 0.6) is 0 Å². The van der Waals surface area contributed by atoms with Gasteiger partial charge in [0.05, 0.1) is 0 Å². The van der Waals surface area contributed by atoms with E-state index in [4.69, 9.17) is 5.11 Å². The number of aliphatic hydroxyl groups is 1. The summed E-state index contributed by atoms with van der Waals surface area (Å²) in [6.45, 7) is 2.39. The van der Waals surface area contributed by atoms with Gasteiger partial charge in [0.15, 0.2) is 0 Å². The average Bonchev–Trinajstić information content (AvgIpc) is 3.07. The third kappa shape index (κ3) is 3.29. The van der Waals surface area contributed by atoms with Crippen LogP contribution in [0.25, 0.3) is 0 Å². The normalized spacial score (nSPS) is 17.3. The van der Waals surface area contributed by atoms with Crippen molar-refractivity contribution in [1.82, 2.24) is 10.3 Å². The molecule has 3 nitrogen and oxygen atoms in total. The third-order valence-corrected chi connectivity index (χ3v) is 3.44. The number of nitrogens with one attached hydrogen (secondary N) is 1. The summed E-state index contributed by atoms with van der Waals surface area (Å²) in [7, 11) is 0. The Hall–Kier alpha value is -0.930. The van der Waals surface area contributed by atoms with E-state index < -0.39 is 0 Å². The number of rotatable bonds is 7. The third-order valence-electron chi connectivity index (χ3n) is 3.44. The minimum atomic E-state index is 0.325. The molecule has 1 heterocycles. The van der Waals surface area contributed by atoms with Gasteiger partial charge in [0.2, 0.25) is 0 Å². The van der Waals surface area contributed by atoms with Crippen LogP contribution in [0.2, 0.25) is 0 Å². The molecule has 1 aliphatic rings. The van der Waals surface area contributed by atoms with Crippen molar-refractivity contribution in [2.24, 2.45) is 5.41 Å². The lowest BCUT2D eigenvalue weighted by Gasteiger charge is -2.14. The molecule has 0 aliphatic heterocycles. The summed E-state index contributed by atoms with van der Waals surface area (Å²) in [6, 6.07) is 4.12. The minimum Gasteiger partial charge on any atom is -0.396 e. The lowest BCUT2D eigenvalue weighted by atomic mass is 10.0. The molecule has 2 rings (SSSR count). The van der Waals surface area contributed by atoms with Crippen molar-refractivity contribution in [3.63, 3.8) is 0 Å². The number of aliphatic hydroxyl groups excluding tert-OH is 1. The fourth-order valence-electron chi connectivity index (χ4n) is 2.06. The Morgan fingerprint density at radius 3 is 2.69 bits per heavy atom. The molecule has 3 heteroatoms. The van der Waals surface area contributed by atoms with Crippen LogP contribution in [0.15, 0.2) is 24.5 Å². The minimum absolute atomic E-state index is 0.325. The highest BCUT2D eigenvalue weighted by Gasteiger charge is 2.41. The molecular weight excluding hydrogens is 200 g/mol. The smallest absolute Gasteiger partial charge is 0.0436 e. The van der Waals surface area contributed by atoms with Crippen LogP contribution in [-0.2, 0) is 6.42 Å². The van der Waals surface area contributed by atoms with Gasteiger partial charge in [-0.25, -0.2) is 0 Å². The first-order valence-electron chi connectivity index (χ1n) is 6.05. The lowest BCUT2D eigenvalue weighted by Crippen LogP contribution is -2.26. The van der Waals surface area contributed by atoms with Crippen LogP contribution in [0.4, 0.5) is 0 Å². The van der Waals surface area contributed by atoms with Gasteiger partial charge in [-0.2, -0.15) is 0 Å². The standard InChI is InChI=1S/C13H20N2O/c16-10-6-13(4-5-13)11-15-9-3-12-1-7-14-8-2-12/h1-2,7-8,15-16H,3-6,9-11H2. The van der Waals surface area contributed by atoms with Crippen LogP contribution in [0.1, 0.15) is 24.8 Å². The summed E-state index contributed by atoms with van der Waals surface area (Å²) in [5, 5.41) is 12.4. The fraction of sp³-hybridized carbons (Fsp3) is 0.615. The molecule has 0 amide bonds. The number of hydrogen-bond acceptors (Lipinski definition) is 3. The van der Waals surface area contributed by atoms with Gasteiger partial charge in [-0.05, 0) is 55.3 Å². The first-order valence-corrected chi connectivity index (χ1v) is 6.05. The monoisotopic (exact) mass is 220 g/mol. The van der Waals surface area contributed by atoms with E-state index in [2.05, 4.69) is 22.4 Å². The van der Waals surface area contributed by atoms with E-state index in [1.165, 1.54) is 18.4 Å². The van der Waals surface area contributed by atoms with Crippen molar-refractivity contribution in [3.05, 3.63) is 30.1 Å². The second-order valence-corrected chi connectivity index (χ2v) is 4.76. The van der Waals surface area contributed by atoms with Gasteiger partial charge in [0.25, 0.3) is 0 Å². The summed E-state index contributed by atoms with van der Waals surface area (Å²) in [5.74, 6) is 0. The zero-order valence-corrected chi connectivity index (χ0v) is 9.65. The Morgan fingerprint density at radius 1 is 1.31 bits per heavy atom. The highest BCUT2D eigenvalue weighted by Crippen LogP contribution is 2.47. The maximum atomic E-state index is 8.94. The Balaban J connectivity index is 1.62. The zero-order chi connectivity index (χ0) is 11.3. The maximum absolute atomic E-state index is 8.94. The lowest BCUT2D eigenvalue weighted by molar-refractivity contribution is 0.245. The molecular formula is C13H20N2O. The highest BCUT2D eigenvalue weighted by atomic mass is 16.3. The zero-order valence-electron chi connectivity index (χ0n) is 9.65. The predicted molar refractivity (Wildman–Crippen MR) is 64.2 cm³/mol. The SMILES string of the molecule is OCCC1(CNCCc2ccncc2)CC1. The van der Waals surface area contributed by atoms with Gasteiger partial charge in [-0.1, -0.05) is 0 Å². The van der Waals surface area contributed by atoms with E-state index in [-0.39, 0.29) is 0 Å². The topological polar surface area (TPSA) is 45.1 Å². The molecule has 1 aliphatic carbocycles. The first-order chi connectivity index (χ1) is 7.85. The number of nitrogens with zero attached hydrogens (tertiary/aromatic N) is 1. The van der Waals surface area contributed by atoms with E-state index in [0.717, 1.165) is 25.9 Å². The summed E-state index contributed by atoms with van der Waals surface area (Å²) < 4.78 is 0. The molecule has 0 radical (unpaired) electrons. The molecule has 2 N–H and O–H groups in total. The predicted octanol–water partition coefficient (Wildman–Crippen LogP) is 1.38. The average molecular weight is 220 g/mol. The fourth-order valence-corrected chi connectivity index (χ4v) is 2.06. The Morgan fingerprint density at radius 2 is 2.06 bits per heavy atom. The highest BCUT2D eigenvalue weighted by molar-refractivity contribution is 5.09. The van der Waals surface area contributed by atoms with E-state index in [1.54, 1.807) is 0 Å². The van der Waals surface area contributed by atoms with Crippen molar-refractivity contribution < 1.29 is 5.11 Å². The van der Waals surface area contributed by atoms with E-state index in [9.17, 15) is 0 Å². The number of aromatic nitrogens is 1. The molecule has 0 aromatic carbocycles. The van der Waals surface area contributed by atoms with Crippen LogP contribution in [0, 0.1) is 5.41 Å². The van der Waals surface area contributed by atoms with Crippen molar-refractivity contribution >= 4 is 0 Å². The van der Waals surface area contributed by atoms with Gasteiger partial charge in [0.1, 0.15) is 0 Å². The second-order valence-electron chi connectivity index (χ2n) is 4.76. The maximum Gasteiger partial charge on any atom is 0.0436 e. The molecule has 1 aromatic rings. The van der Waals surface area contributed by atoms with Crippen LogP contribution in [0.3, 0.4) is 0 Å². The second kappa shape index (κ2) is 5.41. The molecule has 0 spiro atoms. The largest absolute Gasteiger partial charge is 0.396 e. The summed E-state index contributed by atoms with van der Waals surface area (Å²) >= 11 is 0. The molecule has 1 saturated carbocycles. The molecule has 0 unspecified atom stereocenters. The van der Waals surface area contributed by atoms with Crippen molar-refractivity contribution in [2.75, 3.05) is 19.7 Å². The molecule has 0 saturated heterocycles. The molecule has 88 valence electrons. The number of pyridine rings is 1. The Kier molecular flexibility index (Phi) is 3.91. The van der Waals surface area contributed by atoms with Crippen LogP contribution in [-0.4, -0.2) is 29.8 Å². The first kappa shape index (κ1) is 11.6. The molecule has 0 bridgehead atoms. The summed E-state index contributed by atoms with van der Waals surface area (Å²) in [4.78, 5) is 4.00. The Labute approximate surface area is 96.9 Å². The number of hydrogen-bond donors (Lipinski definition) is 2. The Bertz CT molecular complexity index is 309. The quantitative estimate of drug-likeness (QED) is 0.682. The van der Waals surface area contributed by atoms with Crippen LogP contribution < -0.4 is 5.32 Å². The summed E-state index contributed by atoms with van der Waals surface area (Å²) in [5.41, 5.74) is 1.75. The van der Waals surface area contributed by atoms with Crippen molar-refractivity contribution in [3.8, 4) is 0 Å². The van der Waals surface area contributed by atoms with E-state index >= 15 is 0 Å². The van der Waals surface area contributed by atoms with Crippen molar-refractivity contribution in [2.45, 2.75) is 25.7 Å². The van der Waals surface area contributed by atoms with Gasteiger partial charge < -0.3 is 10.4 Å². The molecule has 1 fully saturated rings. The molecule has 0 atom stereocenters.